The summed E-state index contributed by atoms with van der Waals surface area (Å²) in [6.07, 6.45) is 2.93. The lowest BCUT2D eigenvalue weighted by atomic mass is 10.2. The average Bonchev–Trinajstić information content (AvgIpc) is 2.12. The van der Waals surface area contributed by atoms with Crippen molar-refractivity contribution >= 4 is 32.5 Å². The van der Waals surface area contributed by atoms with Gasteiger partial charge in [-0.15, -0.1) is 0 Å². The first-order valence-corrected chi connectivity index (χ1v) is 4.33. The molecule has 0 aliphatic heterocycles. The van der Waals surface area contributed by atoms with Crippen molar-refractivity contribution < 1.29 is 4.39 Å². The molecule has 2 N–H and O–H groups in total. The molecule has 0 fully saturated rings. The van der Waals surface area contributed by atoms with Crippen molar-refractivity contribution in [3.05, 3.63) is 28.9 Å². The Bertz CT molecular complexity index is 472. The fourth-order valence-corrected chi connectivity index (χ4v) is 1.35. The van der Waals surface area contributed by atoms with Crippen LogP contribution in [0.1, 0.15) is 0 Å². The molecule has 13 heavy (non-hydrogen) atoms. The van der Waals surface area contributed by atoms with Crippen LogP contribution >= 0.6 is 15.9 Å². The van der Waals surface area contributed by atoms with Crippen molar-refractivity contribution in [1.29, 1.82) is 0 Å². The summed E-state index contributed by atoms with van der Waals surface area (Å²) in [6, 6.07) is 1.63. The molecule has 0 radical (unpaired) electrons. The van der Waals surface area contributed by atoms with Crippen LogP contribution in [0, 0.1) is 5.82 Å². The predicted molar refractivity (Wildman–Crippen MR) is 51.6 cm³/mol. The maximum absolute atomic E-state index is 13.3. The molecule has 0 aliphatic carbocycles. The molecule has 3 nitrogen and oxygen atoms in total. The second-order valence-corrected chi connectivity index (χ2v) is 3.32. The standard InChI is InChI=1S/C8H5BrFN3/c9-8-6(10)7-4(2-13-8)1-5(11)3-12-7/h1-3H,11H2. The van der Waals surface area contributed by atoms with Gasteiger partial charge in [-0.1, -0.05) is 0 Å². The molecule has 2 aromatic rings. The van der Waals surface area contributed by atoms with Gasteiger partial charge in [-0.3, -0.25) is 4.98 Å². The van der Waals surface area contributed by atoms with Crippen LogP contribution in [-0.4, -0.2) is 9.97 Å². The fourth-order valence-electron chi connectivity index (χ4n) is 1.06. The van der Waals surface area contributed by atoms with E-state index in [0.29, 0.717) is 11.1 Å². The molecule has 0 bridgehead atoms. The quantitative estimate of drug-likeness (QED) is 0.720. The van der Waals surface area contributed by atoms with Crippen LogP contribution in [0.3, 0.4) is 0 Å². The molecule has 2 heterocycles. The Morgan fingerprint density at radius 1 is 1.31 bits per heavy atom. The van der Waals surface area contributed by atoms with Gasteiger partial charge >= 0.3 is 0 Å². The molecular weight excluding hydrogens is 237 g/mol. The Labute approximate surface area is 81.9 Å². The van der Waals surface area contributed by atoms with Crippen LogP contribution in [0.4, 0.5) is 10.1 Å². The highest BCUT2D eigenvalue weighted by Gasteiger charge is 2.07. The number of hydrogen-bond acceptors (Lipinski definition) is 3. The van der Waals surface area contributed by atoms with Gasteiger partial charge in [0.05, 0.1) is 11.9 Å². The molecule has 0 aliphatic rings. The Hall–Kier alpha value is -1.23. The summed E-state index contributed by atoms with van der Waals surface area (Å²) in [6.45, 7) is 0. The molecule has 0 saturated carbocycles. The third kappa shape index (κ3) is 1.35. The summed E-state index contributed by atoms with van der Waals surface area (Å²) >= 11 is 2.98. The first-order chi connectivity index (χ1) is 6.18. The Morgan fingerprint density at radius 2 is 2.08 bits per heavy atom. The maximum Gasteiger partial charge on any atom is 0.182 e. The molecule has 0 unspecified atom stereocenters. The number of anilines is 1. The second-order valence-electron chi connectivity index (χ2n) is 2.57. The van der Waals surface area contributed by atoms with Crippen LogP contribution < -0.4 is 5.73 Å². The third-order valence-electron chi connectivity index (χ3n) is 1.64. The van der Waals surface area contributed by atoms with Gasteiger partial charge in [-0.2, -0.15) is 0 Å². The Kier molecular flexibility index (Phi) is 1.88. The number of nitrogens with two attached hydrogens (primary N) is 1. The van der Waals surface area contributed by atoms with E-state index in [1.165, 1.54) is 12.4 Å². The van der Waals surface area contributed by atoms with Gasteiger partial charge in [0.2, 0.25) is 0 Å². The van der Waals surface area contributed by atoms with Gasteiger partial charge in [-0.25, -0.2) is 9.37 Å². The van der Waals surface area contributed by atoms with E-state index >= 15 is 0 Å². The van der Waals surface area contributed by atoms with Crippen LogP contribution in [0.5, 0.6) is 0 Å². The number of nitrogens with zero attached hydrogens (tertiary/aromatic N) is 2. The van der Waals surface area contributed by atoms with Crippen molar-refractivity contribution in [2.24, 2.45) is 0 Å². The van der Waals surface area contributed by atoms with Crippen LogP contribution in [0.25, 0.3) is 10.9 Å². The average molecular weight is 242 g/mol. The number of fused-ring (bicyclic) bond motifs is 1. The van der Waals surface area contributed by atoms with Crippen LogP contribution in [0.15, 0.2) is 23.1 Å². The molecule has 5 heteroatoms. The predicted octanol–water partition coefficient (Wildman–Crippen LogP) is 2.11. The fraction of sp³-hybridized carbons (Fsp3) is 0. The summed E-state index contributed by atoms with van der Waals surface area (Å²) in [4.78, 5) is 7.67. The van der Waals surface area contributed by atoms with Crippen LogP contribution in [0.2, 0.25) is 0 Å². The van der Waals surface area contributed by atoms with Gasteiger partial charge in [-0.05, 0) is 22.0 Å². The molecule has 0 spiro atoms. The lowest BCUT2D eigenvalue weighted by Gasteiger charge is -2.00. The number of aromatic nitrogens is 2. The van der Waals surface area contributed by atoms with Gasteiger partial charge in [0.25, 0.3) is 0 Å². The summed E-state index contributed by atoms with van der Waals surface area (Å²) in [5.74, 6) is -0.461. The number of rotatable bonds is 0. The summed E-state index contributed by atoms with van der Waals surface area (Å²) < 4.78 is 13.5. The second kappa shape index (κ2) is 2.92. The molecule has 0 atom stereocenters. The normalized spacial score (nSPS) is 10.6. The summed E-state index contributed by atoms with van der Waals surface area (Å²) in [5, 5.41) is 0.598. The highest BCUT2D eigenvalue weighted by atomic mass is 79.9. The van der Waals surface area contributed by atoms with Crippen molar-refractivity contribution in [2.45, 2.75) is 0 Å². The monoisotopic (exact) mass is 241 g/mol. The molecule has 2 rings (SSSR count). The van der Waals surface area contributed by atoms with Crippen LogP contribution in [-0.2, 0) is 0 Å². The zero-order valence-electron chi connectivity index (χ0n) is 6.46. The van der Waals surface area contributed by atoms with Gasteiger partial charge in [0.15, 0.2) is 5.82 Å². The topological polar surface area (TPSA) is 51.8 Å². The molecular formula is C8H5BrFN3. The smallest absolute Gasteiger partial charge is 0.182 e. The van der Waals surface area contributed by atoms with Gasteiger partial charge in [0.1, 0.15) is 10.1 Å². The van der Waals surface area contributed by atoms with E-state index in [1.807, 2.05) is 0 Å². The maximum atomic E-state index is 13.3. The number of halogens is 2. The first-order valence-electron chi connectivity index (χ1n) is 3.53. The van der Waals surface area contributed by atoms with Crippen molar-refractivity contribution in [2.75, 3.05) is 5.73 Å². The number of pyridine rings is 2. The minimum absolute atomic E-state index is 0.164. The van der Waals surface area contributed by atoms with Crippen molar-refractivity contribution in [1.82, 2.24) is 9.97 Å². The number of nitrogen functional groups attached to an aromatic ring is 1. The lowest BCUT2D eigenvalue weighted by molar-refractivity contribution is 0.623. The van der Waals surface area contributed by atoms with Gasteiger partial charge in [0, 0.05) is 11.6 Å². The highest BCUT2D eigenvalue weighted by Crippen LogP contribution is 2.21. The van der Waals surface area contributed by atoms with E-state index in [-0.39, 0.29) is 10.1 Å². The van der Waals surface area contributed by atoms with Crippen molar-refractivity contribution in [3.8, 4) is 0 Å². The third-order valence-corrected chi connectivity index (χ3v) is 2.20. The lowest BCUT2D eigenvalue weighted by Crippen LogP contribution is -1.92. The Balaban J connectivity index is 2.87. The Morgan fingerprint density at radius 3 is 2.85 bits per heavy atom. The largest absolute Gasteiger partial charge is 0.397 e. The van der Waals surface area contributed by atoms with E-state index in [0.717, 1.165) is 0 Å². The van der Waals surface area contributed by atoms with E-state index in [2.05, 4.69) is 25.9 Å². The van der Waals surface area contributed by atoms with E-state index < -0.39 is 5.82 Å². The van der Waals surface area contributed by atoms with E-state index in [1.54, 1.807) is 6.07 Å². The number of hydrogen-bond donors (Lipinski definition) is 1. The van der Waals surface area contributed by atoms with E-state index in [9.17, 15) is 4.39 Å². The SMILES string of the molecule is Nc1cnc2c(F)c(Br)ncc2c1. The summed E-state index contributed by atoms with van der Waals surface area (Å²) in [5.41, 5.74) is 6.26. The zero-order valence-corrected chi connectivity index (χ0v) is 8.05. The minimum atomic E-state index is -0.461. The van der Waals surface area contributed by atoms with Gasteiger partial charge < -0.3 is 5.73 Å². The minimum Gasteiger partial charge on any atom is -0.397 e. The van der Waals surface area contributed by atoms with Crippen molar-refractivity contribution in [3.63, 3.8) is 0 Å². The molecule has 2 aromatic heterocycles. The molecule has 66 valence electrons. The first kappa shape index (κ1) is 8.37. The highest BCUT2D eigenvalue weighted by molar-refractivity contribution is 9.10. The molecule has 0 aromatic carbocycles. The van der Waals surface area contributed by atoms with E-state index in [4.69, 9.17) is 5.73 Å². The molecule has 0 amide bonds. The molecule has 0 saturated heterocycles. The summed E-state index contributed by atoms with van der Waals surface area (Å²) in [7, 11) is 0. The zero-order chi connectivity index (χ0) is 9.42.